The first kappa shape index (κ1) is 22.4. The Hall–Kier alpha value is -2.33. The number of ether oxygens (including phenoxy) is 1. The Balaban J connectivity index is 1.81. The van der Waals surface area contributed by atoms with Crippen molar-refractivity contribution in [2.45, 2.75) is 38.1 Å². The van der Waals surface area contributed by atoms with Crippen LogP contribution in [0.3, 0.4) is 0 Å². The number of carbonyl (C=O) groups excluding carboxylic acids is 2. The smallest absolute Gasteiger partial charge is 0.337 e. The summed E-state index contributed by atoms with van der Waals surface area (Å²) in [4.78, 5) is 29.0. The van der Waals surface area contributed by atoms with Gasteiger partial charge in [-0.25, -0.2) is 22.7 Å². The lowest BCUT2D eigenvalue weighted by molar-refractivity contribution is 0.0600. The van der Waals surface area contributed by atoms with Crippen LogP contribution in [0.2, 0.25) is 0 Å². The fourth-order valence-electron chi connectivity index (χ4n) is 4.03. The molecule has 166 valence electrons. The zero-order valence-corrected chi connectivity index (χ0v) is 18.3. The molecule has 1 aromatic rings. The SMILES string of the molecule is COC(=O)c1ccc(N2CCCC2)c(NC(=O)N2CCCCC2CNS(C)(=O)=O)c1. The van der Waals surface area contributed by atoms with Gasteiger partial charge in [0.1, 0.15) is 0 Å². The number of urea groups is 1. The molecule has 2 heterocycles. The summed E-state index contributed by atoms with van der Waals surface area (Å²) in [5.74, 6) is -0.466. The third kappa shape index (κ3) is 5.63. The van der Waals surface area contributed by atoms with Gasteiger partial charge in [-0.1, -0.05) is 0 Å². The van der Waals surface area contributed by atoms with Gasteiger partial charge in [-0.15, -0.1) is 0 Å². The Bertz CT molecular complexity index is 883. The Kier molecular flexibility index (Phi) is 7.19. The summed E-state index contributed by atoms with van der Waals surface area (Å²) in [6.07, 6.45) is 5.81. The van der Waals surface area contributed by atoms with Crippen LogP contribution in [-0.2, 0) is 14.8 Å². The minimum Gasteiger partial charge on any atom is -0.465 e. The van der Waals surface area contributed by atoms with Crippen LogP contribution in [0.25, 0.3) is 0 Å². The second-order valence-corrected chi connectivity index (χ2v) is 9.64. The first-order valence-electron chi connectivity index (χ1n) is 10.3. The van der Waals surface area contributed by atoms with Gasteiger partial charge in [-0.3, -0.25) is 0 Å². The van der Waals surface area contributed by atoms with Crippen LogP contribution < -0.4 is 14.9 Å². The number of benzene rings is 1. The molecule has 10 heteroatoms. The second kappa shape index (κ2) is 9.65. The van der Waals surface area contributed by atoms with Crippen LogP contribution in [-0.4, -0.2) is 70.9 Å². The third-order valence-corrected chi connectivity index (χ3v) is 6.27. The monoisotopic (exact) mass is 438 g/mol. The topological polar surface area (TPSA) is 108 Å². The minimum atomic E-state index is -3.33. The van der Waals surface area contributed by atoms with Gasteiger partial charge in [0.2, 0.25) is 10.0 Å². The van der Waals surface area contributed by atoms with Crippen molar-refractivity contribution in [3.05, 3.63) is 23.8 Å². The molecule has 2 aliphatic heterocycles. The standard InChI is InChI=1S/C20H30N4O5S/c1-29-19(25)15-8-9-18(23-10-5-6-11-23)17(13-15)22-20(26)24-12-4-3-7-16(24)14-21-30(2,27)28/h8-9,13,16,21H,3-7,10-12,14H2,1-2H3,(H,22,26). The van der Waals surface area contributed by atoms with Crippen molar-refractivity contribution in [1.29, 1.82) is 0 Å². The zero-order valence-electron chi connectivity index (χ0n) is 17.5. The van der Waals surface area contributed by atoms with Crippen molar-refractivity contribution in [3.63, 3.8) is 0 Å². The predicted molar refractivity (Wildman–Crippen MR) is 115 cm³/mol. The first-order chi connectivity index (χ1) is 14.3. The second-order valence-electron chi connectivity index (χ2n) is 7.81. The van der Waals surface area contributed by atoms with Gasteiger partial charge >= 0.3 is 12.0 Å². The number of carbonyl (C=O) groups is 2. The van der Waals surface area contributed by atoms with Crippen molar-refractivity contribution in [3.8, 4) is 0 Å². The van der Waals surface area contributed by atoms with E-state index in [2.05, 4.69) is 14.9 Å². The molecule has 0 aromatic heterocycles. The highest BCUT2D eigenvalue weighted by Gasteiger charge is 2.28. The summed E-state index contributed by atoms with van der Waals surface area (Å²) in [5, 5.41) is 2.96. The average Bonchev–Trinajstić information content (AvgIpc) is 3.26. The number of piperidine rings is 1. The molecule has 3 rings (SSSR count). The molecule has 0 bridgehead atoms. The van der Waals surface area contributed by atoms with E-state index in [9.17, 15) is 18.0 Å². The van der Waals surface area contributed by atoms with Crippen molar-refractivity contribution >= 4 is 33.4 Å². The van der Waals surface area contributed by atoms with Crippen molar-refractivity contribution in [1.82, 2.24) is 9.62 Å². The molecule has 1 atom stereocenters. The van der Waals surface area contributed by atoms with Gasteiger partial charge in [-0.2, -0.15) is 0 Å². The molecular weight excluding hydrogens is 408 g/mol. The van der Waals surface area contributed by atoms with Crippen LogP contribution >= 0.6 is 0 Å². The van der Waals surface area contributed by atoms with Gasteiger partial charge in [-0.05, 0) is 50.3 Å². The Morgan fingerprint density at radius 2 is 1.83 bits per heavy atom. The number of methoxy groups -OCH3 is 1. The minimum absolute atomic E-state index is 0.188. The van der Waals surface area contributed by atoms with Gasteiger partial charge in [0.25, 0.3) is 0 Å². The van der Waals surface area contributed by atoms with E-state index in [1.807, 2.05) is 6.07 Å². The maximum Gasteiger partial charge on any atom is 0.337 e. The van der Waals surface area contributed by atoms with E-state index in [4.69, 9.17) is 4.74 Å². The highest BCUT2D eigenvalue weighted by atomic mass is 32.2. The maximum absolute atomic E-state index is 13.1. The van der Waals surface area contributed by atoms with E-state index in [-0.39, 0.29) is 18.6 Å². The van der Waals surface area contributed by atoms with E-state index < -0.39 is 16.0 Å². The largest absolute Gasteiger partial charge is 0.465 e. The number of esters is 1. The first-order valence-corrected chi connectivity index (χ1v) is 12.2. The van der Waals surface area contributed by atoms with Gasteiger partial charge < -0.3 is 19.9 Å². The normalized spacial score (nSPS) is 19.6. The van der Waals surface area contributed by atoms with E-state index in [1.54, 1.807) is 17.0 Å². The molecular formula is C20H30N4O5S. The number of sulfonamides is 1. The molecule has 2 aliphatic rings. The van der Waals surface area contributed by atoms with Gasteiger partial charge in [0.15, 0.2) is 0 Å². The van der Waals surface area contributed by atoms with E-state index >= 15 is 0 Å². The molecule has 2 amide bonds. The molecule has 2 fully saturated rings. The maximum atomic E-state index is 13.1. The highest BCUT2D eigenvalue weighted by Crippen LogP contribution is 2.31. The lowest BCUT2D eigenvalue weighted by Gasteiger charge is -2.36. The van der Waals surface area contributed by atoms with Crippen molar-refractivity contribution in [2.75, 3.05) is 49.8 Å². The van der Waals surface area contributed by atoms with Crippen LogP contribution in [0.5, 0.6) is 0 Å². The van der Waals surface area contributed by atoms with E-state index in [0.29, 0.717) is 17.8 Å². The van der Waals surface area contributed by atoms with Gasteiger partial charge in [0.05, 0.1) is 30.3 Å². The summed E-state index contributed by atoms with van der Waals surface area (Å²) in [5.41, 5.74) is 1.80. The van der Waals surface area contributed by atoms with Crippen molar-refractivity contribution in [2.24, 2.45) is 0 Å². The lowest BCUT2D eigenvalue weighted by Crippen LogP contribution is -2.50. The number of hydrogen-bond acceptors (Lipinski definition) is 6. The summed E-state index contributed by atoms with van der Waals surface area (Å²) in [6.45, 7) is 2.53. The Labute approximate surface area is 177 Å². The lowest BCUT2D eigenvalue weighted by atomic mass is 10.0. The van der Waals surface area contributed by atoms with Crippen LogP contribution in [0, 0.1) is 0 Å². The van der Waals surface area contributed by atoms with E-state index in [1.165, 1.54) is 7.11 Å². The third-order valence-electron chi connectivity index (χ3n) is 5.58. The summed E-state index contributed by atoms with van der Waals surface area (Å²) in [6, 6.07) is 4.68. The summed E-state index contributed by atoms with van der Waals surface area (Å²) < 4.78 is 30.3. The molecule has 1 unspecified atom stereocenters. The Morgan fingerprint density at radius 1 is 1.13 bits per heavy atom. The highest BCUT2D eigenvalue weighted by molar-refractivity contribution is 7.88. The number of rotatable bonds is 6. The fraction of sp³-hybridized carbons (Fsp3) is 0.600. The quantitative estimate of drug-likeness (QED) is 0.658. The number of amides is 2. The summed E-state index contributed by atoms with van der Waals surface area (Å²) >= 11 is 0. The number of hydrogen-bond donors (Lipinski definition) is 2. The number of anilines is 2. The molecule has 2 N–H and O–H groups in total. The van der Waals surface area contributed by atoms with Crippen LogP contribution in [0.15, 0.2) is 18.2 Å². The number of nitrogens with zero attached hydrogens (tertiary/aromatic N) is 2. The summed E-state index contributed by atoms with van der Waals surface area (Å²) in [7, 11) is -2.01. The predicted octanol–water partition coefficient (Wildman–Crippen LogP) is 2.01. The Morgan fingerprint density at radius 3 is 2.50 bits per heavy atom. The van der Waals surface area contributed by atoms with Gasteiger partial charge in [0, 0.05) is 32.2 Å². The molecule has 0 radical (unpaired) electrons. The molecule has 1 aromatic carbocycles. The fourth-order valence-corrected chi connectivity index (χ4v) is 4.52. The average molecular weight is 439 g/mol. The van der Waals surface area contributed by atoms with Crippen LogP contribution in [0.4, 0.5) is 16.2 Å². The molecule has 30 heavy (non-hydrogen) atoms. The molecule has 2 saturated heterocycles. The molecule has 0 saturated carbocycles. The number of likely N-dealkylation sites (tertiary alicyclic amines) is 1. The van der Waals surface area contributed by atoms with Crippen LogP contribution in [0.1, 0.15) is 42.5 Å². The molecule has 0 spiro atoms. The zero-order chi connectivity index (χ0) is 21.7. The molecule has 9 nitrogen and oxygen atoms in total. The molecule has 0 aliphatic carbocycles. The number of nitrogens with one attached hydrogen (secondary N) is 2. The van der Waals surface area contributed by atoms with E-state index in [0.717, 1.165) is 57.1 Å². The van der Waals surface area contributed by atoms with Crippen molar-refractivity contribution < 1.29 is 22.7 Å².